The Bertz CT molecular complexity index is 309. The quantitative estimate of drug-likeness (QED) is 0.512. The molecule has 0 aliphatic heterocycles. The molecule has 0 aromatic carbocycles. The van der Waals surface area contributed by atoms with Crippen molar-refractivity contribution < 1.29 is 9.53 Å². The molecule has 3 nitrogen and oxygen atoms in total. The van der Waals surface area contributed by atoms with Crippen molar-refractivity contribution in [3.05, 3.63) is 0 Å². The SMILES string of the molecule is CCCCCSC1CCCC(NC(C)C)(C(=O)OCC)C1. The summed E-state index contributed by atoms with van der Waals surface area (Å²) in [5, 5.41) is 4.11. The van der Waals surface area contributed by atoms with Crippen molar-refractivity contribution in [1.29, 1.82) is 0 Å². The third kappa shape index (κ3) is 6.19. The maximum absolute atomic E-state index is 12.5. The zero-order valence-corrected chi connectivity index (χ0v) is 15.1. The fraction of sp³-hybridized carbons (Fsp3) is 0.941. The van der Waals surface area contributed by atoms with Crippen LogP contribution in [-0.4, -0.2) is 35.2 Å². The molecule has 2 atom stereocenters. The third-order valence-corrected chi connectivity index (χ3v) is 5.44. The highest BCUT2D eigenvalue weighted by Crippen LogP contribution is 2.36. The maximum atomic E-state index is 12.5. The van der Waals surface area contributed by atoms with E-state index in [0.717, 1.165) is 19.3 Å². The Labute approximate surface area is 135 Å². The first-order valence-electron chi connectivity index (χ1n) is 8.60. The molecule has 1 rings (SSSR count). The monoisotopic (exact) mass is 315 g/mol. The highest BCUT2D eigenvalue weighted by molar-refractivity contribution is 7.99. The van der Waals surface area contributed by atoms with Gasteiger partial charge in [0.05, 0.1) is 6.61 Å². The summed E-state index contributed by atoms with van der Waals surface area (Å²) in [7, 11) is 0. The molecule has 0 heterocycles. The number of nitrogens with one attached hydrogen (secondary N) is 1. The molecule has 0 saturated heterocycles. The molecule has 0 bridgehead atoms. The highest BCUT2D eigenvalue weighted by Gasteiger charge is 2.44. The molecule has 1 aliphatic carbocycles. The molecule has 0 aromatic rings. The van der Waals surface area contributed by atoms with Crippen molar-refractivity contribution in [2.24, 2.45) is 0 Å². The van der Waals surface area contributed by atoms with Crippen molar-refractivity contribution in [3.8, 4) is 0 Å². The normalized spacial score (nSPS) is 26.0. The van der Waals surface area contributed by atoms with Crippen molar-refractivity contribution in [3.63, 3.8) is 0 Å². The van der Waals surface area contributed by atoms with Gasteiger partial charge >= 0.3 is 5.97 Å². The summed E-state index contributed by atoms with van der Waals surface area (Å²) in [5.74, 6) is 1.18. The molecule has 1 N–H and O–H groups in total. The van der Waals surface area contributed by atoms with Gasteiger partial charge in [0.15, 0.2) is 0 Å². The second kappa shape index (κ2) is 9.73. The van der Waals surface area contributed by atoms with E-state index in [2.05, 4.69) is 37.8 Å². The summed E-state index contributed by atoms with van der Waals surface area (Å²) in [5.41, 5.74) is -0.454. The zero-order valence-electron chi connectivity index (χ0n) is 14.2. The van der Waals surface area contributed by atoms with Crippen LogP contribution in [0.25, 0.3) is 0 Å². The number of hydrogen-bond donors (Lipinski definition) is 1. The lowest BCUT2D eigenvalue weighted by Crippen LogP contribution is -2.58. The van der Waals surface area contributed by atoms with Crippen molar-refractivity contribution >= 4 is 17.7 Å². The Morgan fingerprint density at radius 2 is 2.14 bits per heavy atom. The number of carbonyl (C=O) groups excluding carboxylic acids is 1. The minimum Gasteiger partial charge on any atom is -0.465 e. The molecule has 21 heavy (non-hydrogen) atoms. The van der Waals surface area contributed by atoms with E-state index < -0.39 is 5.54 Å². The van der Waals surface area contributed by atoms with Crippen molar-refractivity contribution in [2.75, 3.05) is 12.4 Å². The largest absolute Gasteiger partial charge is 0.465 e. The van der Waals surface area contributed by atoms with Gasteiger partial charge in [0.25, 0.3) is 0 Å². The lowest BCUT2D eigenvalue weighted by Gasteiger charge is -2.40. The molecular weight excluding hydrogens is 282 g/mol. The molecule has 124 valence electrons. The molecule has 0 spiro atoms. The Morgan fingerprint density at radius 3 is 2.76 bits per heavy atom. The van der Waals surface area contributed by atoms with Crippen molar-refractivity contribution in [2.45, 2.75) is 89.5 Å². The molecule has 0 radical (unpaired) electrons. The molecule has 0 aromatic heterocycles. The molecule has 1 saturated carbocycles. The lowest BCUT2D eigenvalue weighted by atomic mass is 9.80. The molecule has 1 fully saturated rings. The van der Waals surface area contributed by atoms with Crippen LogP contribution in [0.5, 0.6) is 0 Å². The van der Waals surface area contributed by atoms with Crippen LogP contribution in [-0.2, 0) is 9.53 Å². The average Bonchev–Trinajstić information content (AvgIpc) is 2.43. The number of carbonyl (C=O) groups is 1. The number of rotatable bonds is 9. The van der Waals surface area contributed by atoms with E-state index in [0.29, 0.717) is 17.9 Å². The van der Waals surface area contributed by atoms with E-state index in [4.69, 9.17) is 4.74 Å². The van der Waals surface area contributed by atoms with E-state index in [-0.39, 0.29) is 5.97 Å². The smallest absolute Gasteiger partial charge is 0.326 e. The third-order valence-electron chi connectivity index (χ3n) is 4.04. The van der Waals surface area contributed by atoms with E-state index in [1.54, 1.807) is 0 Å². The second-order valence-corrected chi connectivity index (χ2v) is 7.81. The molecule has 0 amide bonds. The number of ether oxygens (including phenoxy) is 1. The van der Waals surface area contributed by atoms with Gasteiger partial charge in [0.1, 0.15) is 5.54 Å². The van der Waals surface area contributed by atoms with Crippen molar-refractivity contribution in [1.82, 2.24) is 5.32 Å². The van der Waals surface area contributed by atoms with Crippen LogP contribution in [0.2, 0.25) is 0 Å². The van der Waals surface area contributed by atoms with Crippen LogP contribution < -0.4 is 5.32 Å². The summed E-state index contributed by atoms with van der Waals surface area (Å²) < 4.78 is 5.37. The minimum atomic E-state index is -0.454. The van der Waals surface area contributed by atoms with Crippen LogP contribution in [0.4, 0.5) is 0 Å². The lowest BCUT2D eigenvalue weighted by molar-refractivity contribution is -0.153. The molecule has 1 aliphatic rings. The van der Waals surface area contributed by atoms with Gasteiger partial charge in [-0.1, -0.05) is 19.8 Å². The van der Waals surface area contributed by atoms with Crippen LogP contribution in [0.1, 0.15) is 72.6 Å². The predicted molar refractivity (Wildman–Crippen MR) is 91.9 cm³/mol. The summed E-state index contributed by atoms with van der Waals surface area (Å²) in [4.78, 5) is 12.5. The Kier molecular flexibility index (Phi) is 8.72. The van der Waals surface area contributed by atoms with Gasteiger partial charge in [-0.3, -0.25) is 10.1 Å². The summed E-state index contributed by atoms with van der Waals surface area (Å²) in [6, 6.07) is 0.304. The topological polar surface area (TPSA) is 38.3 Å². The van der Waals surface area contributed by atoms with Gasteiger partial charge in [-0.15, -0.1) is 0 Å². The van der Waals surface area contributed by atoms with Gasteiger partial charge in [-0.25, -0.2) is 0 Å². The number of esters is 1. The predicted octanol–water partition coefficient (Wildman–Crippen LogP) is 4.15. The van der Waals surface area contributed by atoms with Crippen LogP contribution >= 0.6 is 11.8 Å². The standard InChI is InChI=1S/C17H33NO2S/c1-5-7-8-12-21-15-10-9-11-17(13-15,18-14(3)4)16(19)20-6-2/h14-15,18H,5-13H2,1-4H3. The Balaban J connectivity index is 2.62. The zero-order chi connectivity index (χ0) is 15.7. The number of thioether (sulfide) groups is 1. The minimum absolute atomic E-state index is 0.0439. The number of hydrogen-bond acceptors (Lipinski definition) is 4. The van der Waals surface area contributed by atoms with Crippen LogP contribution in [0.3, 0.4) is 0 Å². The first-order chi connectivity index (χ1) is 10.0. The van der Waals surface area contributed by atoms with Gasteiger partial charge in [0, 0.05) is 11.3 Å². The molecule has 2 unspecified atom stereocenters. The first kappa shape index (κ1) is 18.8. The van der Waals surface area contributed by atoms with Gasteiger partial charge in [-0.2, -0.15) is 11.8 Å². The maximum Gasteiger partial charge on any atom is 0.326 e. The van der Waals surface area contributed by atoms with Gasteiger partial charge in [-0.05, 0) is 58.6 Å². The van der Waals surface area contributed by atoms with E-state index >= 15 is 0 Å². The van der Waals surface area contributed by atoms with E-state index in [1.807, 2.05) is 6.92 Å². The van der Waals surface area contributed by atoms with Crippen LogP contribution in [0.15, 0.2) is 0 Å². The van der Waals surface area contributed by atoms with E-state index in [9.17, 15) is 4.79 Å². The molecular formula is C17H33NO2S. The average molecular weight is 316 g/mol. The first-order valence-corrected chi connectivity index (χ1v) is 9.65. The highest BCUT2D eigenvalue weighted by atomic mass is 32.2. The fourth-order valence-electron chi connectivity index (χ4n) is 3.17. The molecule has 4 heteroatoms. The Morgan fingerprint density at radius 1 is 1.38 bits per heavy atom. The van der Waals surface area contributed by atoms with E-state index in [1.165, 1.54) is 31.4 Å². The fourth-order valence-corrected chi connectivity index (χ4v) is 4.61. The van der Waals surface area contributed by atoms with Gasteiger partial charge in [0.2, 0.25) is 0 Å². The summed E-state index contributed by atoms with van der Waals surface area (Å²) in [6.45, 7) is 8.82. The number of unbranched alkanes of at least 4 members (excludes halogenated alkanes) is 2. The second-order valence-electron chi connectivity index (χ2n) is 6.40. The van der Waals surface area contributed by atoms with Crippen LogP contribution in [0, 0.1) is 0 Å². The van der Waals surface area contributed by atoms with Gasteiger partial charge < -0.3 is 4.74 Å². The summed E-state index contributed by atoms with van der Waals surface area (Å²) >= 11 is 2.05. The summed E-state index contributed by atoms with van der Waals surface area (Å²) in [6.07, 6.45) is 8.06. The Hall–Kier alpha value is -0.220.